The number of benzene rings is 3. The first kappa shape index (κ1) is 24.9. The van der Waals surface area contributed by atoms with Crippen molar-refractivity contribution in [3.8, 4) is 16.8 Å². The minimum atomic E-state index is -4.69. The first-order chi connectivity index (χ1) is 15.7. The van der Waals surface area contributed by atoms with E-state index in [0.717, 1.165) is 22.4 Å². The van der Waals surface area contributed by atoms with Crippen molar-refractivity contribution in [1.82, 2.24) is 15.1 Å². The van der Waals surface area contributed by atoms with Crippen LogP contribution in [-0.4, -0.2) is 27.4 Å². The Balaban J connectivity index is 0.00000324. The van der Waals surface area contributed by atoms with Crippen molar-refractivity contribution in [1.29, 1.82) is 0 Å². The van der Waals surface area contributed by atoms with Crippen molar-refractivity contribution in [2.75, 3.05) is 6.54 Å². The summed E-state index contributed by atoms with van der Waals surface area (Å²) in [5.41, 5.74) is 0.0608. The molecule has 0 aliphatic heterocycles. The molecule has 0 unspecified atom stereocenters. The maximum atomic E-state index is 15.0. The second-order valence-electron chi connectivity index (χ2n) is 7.50. The molecule has 0 saturated carbocycles. The first-order valence-electron chi connectivity index (χ1n) is 10.1. The summed E-state index contributed by atoms with van der Waals surface area (Å²) in [7, 11) is 0. The Kier molecular flexibility index (Phi) is 7.36. The summed E-state index contributed by atoms with van der Waals surface area (Å²) >= 11 is 0. The highest BCUT2D eigenvalue weighted by molar-refractivity contribution is 5.79. The van der Waals surface area contributed by atoms with Crippen molar-refractivity contribution in [3.05, 3.63) is 83.8 Å². The maximum Gasteiger partial charge on any atom is 0.417 e. The summed E-state index contributed by atoms with van der Waals surface area (Å²) < 4.78 is 57.5. The molecule has 3 aromatic carbocycles. The topological polar surface area (TPSA) is 67.2 Å². The van der Waals surface area contributed by atoms with Crippen LogP contribution in [0, 0.1) is 5.82 Å². The predicted molar refractivity (Wildman–Crippen MR) is 122 cm³/mol. The van der Waals surface area contributed by atoms with Crippen LogP contribution in [-0.2, 0) is 17.5 Å². The number of aliphatic carboxylic acids is 1. The lowest BCUT2D eigenvalue weighted by atomic mass is 9.98. The summed E-state index contributed by atoms with van der Waals surface area (Å²) in [6.07, 6.45) is -3.23. The van der Waals surface area contributed by atoms with Crippen LogP contribution >= 0.6 is 0 Å². The average Bonchev–Trinajstić information content (AvgIpc) is 3.19. The maximum absolute atomic E-state index is 15.0. The fraction of sp³-hybridized carbons (Fsp3) is 0.200. The first-order valence-corrected chi connectivity index (χ1v) is 10.1. The van der Waals surface area contributed by atoms with Gasteiger partial charge in [-0.05, 0) is 34.9 Å². The van der Waals surface area contributed by atoms with E-state index in [0.29, 0.717) is 24.0 Å². The van der Waals surface area contributed by atoms with Gasteiger partial charge in [-0.3, -0.25) is 4.79 Å². The third-order valence-electron chi connectivity index (χ3n) is 5.14. The molecule has 0 amide bonds. The van der Waals surface area contributed by atoms with Crippen LogP contribution in [0.4, 0.5) is 17.6 Å². The summed E-state index contributed by atoms with van der Waals surface area (Å²) in [5.74, 6) is -1.74. The molecule has 0 aliphatic rings. The second kappa shape index (κ2) is 10.0. The molecule has 9 heteroatoms. The minimum absolute atomic E-state index is 0. The average molecular weight is 473 g/mol. The zero-order valence-electron chi connectivity index (χ0n) is 17.2. The van der Waals surface area contributed by atoms with Crippen LogP contribution in [0.5, 0.6) is 0 Å². The van der Waals surface area contributed by atoms with E-state index in [1.54, 1.807) is 36.4 Å². The molecule has 2 N–H and O–H groups in total. The molecule has 1 aromatic heterocycles. The van der Waals surface area contributed by atoms with Crippen molar-refractivity contribution in [2.24, 2.45) is 0 Å². The second-order valence-corrected chi connectivity index (χ2v) is 7.50. The van der Waals surface area contributed by atoms with E-state index in [1.165, 1.54) is 18.3 Å². The molecule has 0 spiro atoms. The molecule has 4 aromatic rings. The van der Waals surface area contributed by atoms with Crippen LogP contribution in [0.3, 0.4) is 0 Å². The zero-order valence-corrected chi connectivity index (χ0v) is 17.2. The normalized spacial score (nSPS) is 11.4. The van der Waals surface area contributed by atoms with E-state index in [4.69, 9.17) is 5.11 Å². The molecule has 0 saturated heterocycles. The van der Waals surface area contributed by atoms with Gasteiger partial charge < -0.3 is 10.4 Å². The van der Waals surface area contributed by atoms with E-state index < -0.39 is 23.5 Å². The lowest BCUT2D eigenvalue weighted by Crippen LogP contribution is -2.17. The van der Waals surface area contributed by atoms with Crippen LogP contribution in [0.15, 0.2) is 66.9 Å². The number of nitrogens with zero attached hydrogens (tertiary/aromatic N) is 2. The van der Waals surface area contributed by atoms with E-state index in [1.807, 2.05) is 0 Å². The van der Waals surface area contributed by atoms with Crippen LogP contribution in [0.1, 0.15) is 25.0 Å². The van der Waals surface area contributed by atoms with Gasteiger partial charge in [0, 0.05) is 24.7 Å². The molecule has 0 atom stereocenters. The van der Waals surface area contributed by atoms with Gasteiger partial charge in [-0.25, -0.2) is 9.07 Å². The third-order valence-corrected chi connectivity index (χ3v) is 5.14. The lowest BCUT2D eigenvalue weighted by Gasteiger charge is -2.15. The number of halogens is 4. The van der Waals surface area contributed by atoms with E-state index in [2.05, 4.69) is 10.4 Å². The molecule has 0 fully saturated rings. The fourth-order valence-electron chi connectivity index (χ4n) is 3.55. The van der Waals surface area contributed by atoms with Gasteiger partial charge in [0.2, 0.25) is 0 Å². The predicted octanol–water partition coefficient (Wildman–Crippen LogP) is 6.05. The minimum Gasteiger partial charge on any atom is -0.481 e. The summed E-state index contributed by atoms with van der Waals surface area (Å²) in [6.45, 7) is 0.690. The molecule has 0 aliphatic carbocycles. The lowest BCUT2D eigenvalue weighted by molar-refractivity contribution is -0.137. The Hall–Kier alpha value is -3.72. The highest BCUT2D eigenvalue weighted by Gasteiger charge is 2.35. The number of aromatic nitrogens is 2. The van der Waals surface area contributed by atoms with Gasteiger partial charge in [0.25, 0.3) is 0 Å². The largest absolute Gasteiger partial charge is 0.481 e. The van der Waals surface area contributed by atoms with Crippen molar-refractivity contribution in [2.45, 2.75) is 26.6 Å². The SMILES string of the molecule is C.O=C(O)CCNCc1ccc2cn(-c3cc(C(F)(F)F)c(-c4ccccc4)cc3F)nc2c1. The van der Waals surface area contributed by atoms with Crippen LogP contribution < -0.4 is 5.32 Å². The molecule has 34 heavy (non-hydrogen) atoms. The number of carboxylic acids is 1. The molecule has 178 valence electrons. The number of hydrogen-bond donors (Lipinski definition) is 2. The number of carbonyl (C=O) groups is 1. The summed E-state index contributed by atoms with van der Waals surface area (Å²) in [4.78, 5) is 10.6. The fourth-order valence-corrected chi connectivity index (χ4v) is 3.55. The third kappa shape index (κ3) is 5.43. The summed E-state index contributed by atoms with van der Waals surface area (Å²) in [5, 5.41) is 16.6. The Morgan fingerprint density at radius 1 is 1.06 bits per heavy atom. The van der Waals surface area contributed by atoms with Gasteiger partial charge in [0.15, 0.2) is 0 Å². The summed E-state index contributed by atoms with van der Waals surface area (Å²) in [6, 6.07) is 14.8. The van der Waals surface area contributed by atoms with Gasteiger partial charge in [-0.1, -0.05) is 49.9 Å². The van der Waals surface area contributed by atoms with E-state index >= 15 is 0 Å². The van der Waals surface area contributed by atoms with E-state index in [9.17, 15) is 22.4 Å². The van der Waals surface area contributed by atoms with Gasteiger partial charge in [0.05, 0.1) is 17.5 Å². The number of nitrogens with one attached hydrogen (secondary N) is 1. The number of alkyl halides is 3. The van der Waals surface area contributed by atoms with Crippen molar-refractivity contribution < 1.29 is 27.5 Å². The Bertz CT molecular complexity index is 1300. The number of fused-ring (bicyclic) bond motifs is 1. The monoisotopic (exact) mass is 473 g/mol. The van der Waals surface area contributed by atoms with Crippen LogP contribution in [0.2, 0.25) is 0 Å². The smallest absolute Gasteiger partial charge is 0.417 e. The highest BCUT2D eigenvalue weighted by atomic mass is 19.4. The van der Waals surface area contributed by atoms with Crippen LogP contribution in [0.25, 0.3) is 27.7 Å². The number of hydrogen-bond acceptors (Lipinski definition) is 3. The Morgan fingerprint density at radius 3 is 2.47 bits per heavy atom. The van der Waals surface area contributed by atoms with Gasteiger partial charge in [0.1, 0.15) is 11.5 Å². The van der Waals surface area contributed by atoms with Crippen molar-refractivity contribution in [3.63, 3.8) is 0 Å². The quantitative estimate of drug-likeness (QED) is 0.253. The van der Waals surface area contributed by atoms with Gasteiger partial charge in [-0.15, -0.1) is 0 Å². The zero-order chi connectivity index (χ0) is 23.6. The Morgan fingerprint density at radius 2 is 1.79 bits per heavy atom. The molecule has 5 nitrogen and oxygen atoms in total. The van der Waals surface area contributed by atoms with E-state index in [-0.39, 0.29) is 30.7 Å². The number of rotatable bonds is 7. The number of carboxylic acid groups (broad SMARTS) is 1. The van der Waals surface area contributed by atoms with Gasteiger partial charge >= 0.3 is 12.1 Å². The Labute approximate surface area is 193 Å². The van der Waals surface area contributed by atoms with Gasteiger partial charge in [-0.2, -0.15) is 18.3 Å². The molecule has 1 heterocycles. The molecule has 0 radical (unpaired) electrons. The molecule has 0 bridgehead atoms. The standard InChI is InChI=1S/C24H19F4N3O2.CH4/c25-20-11-18(16-4-2-1-3-5-16)19(24(26,27)28)12-22(20)31-14-17-7-6-15(10-21(17)30-31)13-29-9-8-23(32)33;/h1-7,10-12,14,29H,8-9,13H2,(H,32,33);1H4. The van der Waals surface area contributed by atoms with Crippen molar-refractivity contribution >= 4 is 16.9 Å². The highest BCUT2D eigenvalue weighted by Crippen LogP contribution is 2.39. The molecule has 4 rings (SSSR count). The molecular formula is C25H23F4N3O2. The molecular weight excluding hydrogens is 450 g/mol.